The van der Waals surface area contributed by atoms with Crippen molar-refractivity contribution in [2.24, 2.45) is 0 Å². The molecule has 0 unspecified atom stereocenters. The van der Waals surface area contributed by atoms with E-state index in [2.05, 4.69) is 5.32 Å². The number of halogens is 2. The summed E-state index contributed by atoms with van der Waals surface area (Å²) in [5, 5.41) is 2.52. The Morgan fingerprint density at radius 1 is 1.10 bits per heavy atom. The molecule has 8 heteroatoms. The first-order valence-electron chi connectivity index (χ1n) is 9.70. The Balaban J connectivity index is 1.68. The molecule has 1 heterocycles. The summed E-state index contributed by atoms with van der Waals surface area (Å²) >= 11 is 0. The van der Waals surface area contributed by atoms with Gasteiger partial charge in [0.1, 0.15) is 17.7 Å². The number of carbonyl (C=O) groups excluding carboxylic acids is 2. The van der Waals surface area contributed by atoms with Gasteiger partial charge in [-0.2, -0.15) is 0 Å². The lowest BCUT2D eigenvalue weighted by atomic mass is 10.1. The third kappa shape index (κ3) is 5.06. The fraction of sp³-hybridized carbons (Fsp3) is 0.364. The van der Waals surface area contributed by atoms with Crippen molar-refractivity contribution in [2.45, 2.75) is 32.4 Å². The van der Waals surface area contributed by atoms with E-state index < -0.39 is 17.5 Å². The zero-order valence-corrected chi connectivity index (χ0v) is 16.9. The van der Waals surface area contributed by atoms with Crippen molar-refractivity contribution < 1.29 is 27.8 Å². The second kappa shape index (κ2) is 9.56. The molecule has 1 fully saturated rings. The monoisotopic (exact) mass is 418 g/mol. The smallest absolute Gasteiger partial charge is 0.251 e. The van der Waals surface area contributed by atoms with Gasteiger partial charge in [-0.05, 0) is 30.3 Å². The van der Waals surface area contributed by atoms with Crippen LogP contribution >= 0.6 is 0 Å². The predicted octanol–water partition coefficient (Wildman–Crippen LogP) is 3.29. The molecule has 0 spiro atoms. The van der Waals surface area contributed by atoms with Crippen molar-refractivity contribution in [2.75, 3.05) is 20.2 Å². The molecule has 6 nitrogen and oxygen atoms in total. The largest absolute Gasteiger partial charge is 0.493 e. The van der Waals surface area contributed by atoms with Crippen LogP contribution in [-0.2, 0) is 11.3 Å². The molecule has 0 atom stereocenters. The SMILES string of the molecule is COc1ccc(C(=O)NCc2c(F)cccc2F)cc1OC1CCN(C(C)=O)CC1. The average molecular weight is 418 g/mol. The summed E-state index contributed by atoms with van der Waals surface area (Å²) in [7, 11) is 1.50. The van der Waals surface area contributed by atoms with Crippen molar-refractivity contribution in [3.05, 3.63) is 59.2 Å². The standard InChI is InChI=1S/C22H24F2N2O4/c1-14(27)26-10-8-16(9-11-26)30-21-12-15(6-7-20(21)29-2)22(28)25-13-17-18(23)4-3-5-19(17)24/h3-7,12,16H,8-11,13H2,1-2H3,(H,25,28). The first kappa shape index (κ1) is 21.5. The number of benzene rings is 2. The number of amides is 2. The van der Waals surface area contributed by atoms with Crippen LogP contribution in [0.2, 0.25) is 0 Å². The highest BCUT2D eigenvalue weighted by Gasteiger charge is 2.23. The van der Waals surface area contributed by atoms with E-state index in [4.69, 9.17) is 9.47 Å². The maximum atomic E-state index is 13.8. The molecule has 160 valence electrons. The fourth-order valence-electron chi connectivity index (χ4n) is 3.35. The number of hydrogen-bond donors (Lipinski definition) is 1. The third-order valence-electron chi connectivity index (χ3n) is 5.09. The van der Waals surface area contributed by atoms with Gasteiger partial charge in [0.2, 0.25) is 5.91 Å². The second-order valence-corrected chi connectivity index (χ2v) is 7.07. The molecule has 1 aliphatic heterocycles. The molecule has 0 saturated carbocycles. The van der Waals surface area contributed by atoms with Gasteiger partial charge in [-0.25, -0.2) is 8.78 Å². The van der Waals surface area contributed by atoms with Crippen molar-refractivity contribution in [1.29, 1.82) is 0 Å². The molecule has 0 aliphatic carbocycles. The zero-order chi connectivity index (χ0) is 21.7. The summed E-state index contributed by atoms with van der Waals surface area (Å²) < 4.78 is 38.9. The lowest BCUT2D eigenvalue weighted by Crippen LogP contribution is -2.40. The van der Waals surface area contributed by atoms with Crippen LogP contribution in [-0.4, -0.2) is 43.0 Å². The van der Waals surface area contributed by atoms with Crippen LogP contribution < -0.4 is 14.8 Å². The van der Waals surface area contributed by atoms with Crippen LogP contribution in [0.25, 0.3) is 0 Å². The summed E-state index contributed by atoms with van der Waals surface area (Å²) in [6.07, 6.45) is 1.23. The van der Waals surface area contributed by atoms with Crippen molar-refractivity contribution in [3.63, 3.8) is 0 Å². The van der Waals surface area contributed by atoms with Gasteiger partial charge >= 0.3 is 0 Å². The normalized spacial score (nSPS) is 14.3. The number of carbonyl (C=O) groups is 2. The highest BCUT2D eigenvalue weighted by Crippen LogP contribution is 2.31. The maximum absolute atomic E-state index is 13.8. The van der Waals surface area contributed by atoms with E-state index in [1.807, 2.05) is 0 Å². The Bertz CT molecular complexity index is 907. The molecule has 1 saturated heterocycles. The van der Waals surface area contributed by atoms with Gasteiger partial charge < -0.3 is 19.7 Å². The summed E-state index contributed by atoms with van der Waals surface area (Å²) in [6, 6.07) is 8.26. The van der Waals surface area contributed by atoms with Crippen molar-refractivity contribution in [3.8, 4) is 11.5 Å². The molecule has 1 N–H and O–H groups in total. The second-order valence-electron chi connectivity index (χ2n) is 7.07. The maximum Gasteiger partial charge on any atom is 0.251 e. The summed E-state index contributed by atoms with van der Waals surface area (Å²) in [5.74, 6) is -1.01. The highest BCUT2D eigenvalue weighted by atomic mass is 19.1. The predicted molar refractivity (Wildman–Crippen MR) is 106 cm³/mol. The third-order valence-corrected chi connectivity index (χ3v) is 5.09. The number of piperidine rings is 1. The minimum atomic E-state index is -0.717. The lowest BCUT2D eigenvalue weighted by Gasteiger charge is -2.31. The van der Waals surface area contributed by atoms with Gasteiger partial charge in [-0.15, -0.1) is 0 Å². The summed E-state index contributed by atoms with van der Waals surface area (Å²) in [4.78, 5) is 25.7. The van der Waals surface area contributed by atoms with Gasteiger partial charge in [0.05, 0.1) is 7.11 Å². The Morgan fingerprint density at radius 2 is 1.77 bits per heavy atom. The van der Waals surface area contributed by atoms with E-state index in [-0.39, 0.29) is 29.7 Å². The van der Waals surface area contributed by atoms with E-state index in [0.29, 0.717) is 37.4 Å². The van der Waals surface area contributed by atoms with E-state index in [0.717, 1.165) is 12.1 Å². The molecular formula is C22H24F2N2O4. The molecule has 0 aromatic heterocycles. The number of nitrogens with zero attached hydrogens (tertiary/aromatic N) is 1. The van der Waals surface area contributed by atoms with Crippen LogP contribution in [0.3, 0.4) is 0 Å². The lowest BCUT2D eigenvalue weighted by molar-refractivity contribution is -0.130. The molecule has 0 bridgehead atoms. The first-order valence-corrected chi connectivity index (χ1v) is 9.70. The van der Waals surface area contributed by atoms with Gasteiger partial charge in [-0.3, -0.25) is 9.59 Å². The molecule has 2 aromatic carbocycles. The van der Waals surface area contributed by atoms with Crippen LogP contribution in [0.1, 0.15) is 35.7 Å². The number of hydrogen-bond acceptors (Lipinski definition) is 4. The Kier molecular flexibility index (Phi) is 6.87. The van der Waals surface area contributed by atoms with Crippen LogP contribution in [0.15, 0.2) is 36.4 Å². The Hall–Kier alpha value is -3.16. The van der Waals surface area contributed by atoms with E-state index >= 15 is 0 Å². The highest BCUT2D eigenvalue weighted by molar-refractivity contribution is 5.94. The number of rotatable bonds is 6. The van der Waals surface area contributed by atoms with Crippen molar-refractivity contribution >= 4 is 11.8 Å². The minimum absolute atomic E-state index is 0.0380. The van der Waals surface area contributed by atoms with Gasteiger partial charge in [0.25, 0.3) is 5.91 Å². The zero-order valence-electron chi connectivity index (χ0n) is 16.9. The molecule has 2 amide bonds. The molecule has 30 heavy (non-hydrogen) atoms. The number of methoxy groups -OCH3 is 1. The van der Waals surface area contributed by atoms with Crippen LogP contribution in [0.4, 0.5) is 8.78 Å². The number of likely N-dealkylation sites (tertiary alicyclic amines) is 1. The van der Waals surface area contributed by atoms with Gasteiger partial charge in [0.15, 0.2) is 11.5 Å². The summed E-state index contributed by atoms with van der Waals surface area (Å²) in [5.41, 5.74) is 0.0804. The molecule has 1 aliphatic rings. The average Bonchev–Trinajstić information content (AvgIpc) is 2.73. The number of ether oxygens (including phenoxy) is 2. The van der Waals surface area contributed by atoms with Gasteiger partial charge in [-0.1, -0.05) is 6.07 Å². The quantitative estimate of drug-likeness (QED) is 0.782. The molecule has 3 rings (SSSR count). The van der Waals surface area contributed by atoms with E-state index in [1.165, 1.54) is 13.2 Å². The molecule has 0 radical (unpaired) electrons. The topological polar surface area (TPSA) is 67.9 Å². The minimum Gasteiger partial charge on any atom is -0.493 e. The number of nitrogens with one attached hydrogen (secondary N) is 1. The summed E-state index contributed by atoms with van der Waals surface area (Å²) in [6.45, 7) is 2.48. The van der Waals surface area contributed by atoms with Crippen LogP contribution in [0, 0.1) is 11.6 Å². The molecular weight excluding hydrogens is 394 g/mol. The van der Waals surface area contributed by atoms with Crippen LogP contribution in [0.5, 0.6) is 11.5 Å². The van der Waals surface area contributed by atoms with Crippen molar-refractivity contribution in [1.82, 2.24) is 10.2 Å². The van der Waals surface area contributed by atoms with E-state index in [9.17, 15) is 18.4 Å². The van der Waals surface area contributed by atoms with Gasteiger partial charge in [0, 0.05) is 50.5 Å². The Morgan fingerprint density at radius 3 is 2.37 bits per heavy atom. The van der Waals surface area contributed by atoms with E-state index in [1.54, 1.807) is 30.0 Å². The first-order chi connectivity index (χ1) is 14.4. The Labute approximate surface area is 173 Å². The fourth-order valence-corrected chi connectivity index (χ4v) is 3.35. The molecule has 2 aromatic rings.